The molecule has 1 aromatic heterocycles. The average Bonchev–Trinajstić information content (AvgIpc) is 2.98. The molecular weight excluding hydrogens is 266 g/mol. The van der Waals surface area contributed by atoms with E-state index in [0.29, 0.717) is 23.4 Å². The second kappa shape index (κ2) is 5.66. The molecule has 1 aliphatic carbocycles. The van der Waals surface area contributed by atoms with Crippen LogP contribution >= 0.6 is 0 Å². The number of benzene rings is 1. The highest BCUT2D eigenvalue weighted by Gasteiger charge is 2.25. The van der Waals surface area contributed by atoms with Crippen LogP contribution < -0.4 is 0 Å². The topological polar surface area (TPSA) is 63.3 Å². The van der Waals surface area contributed by atoms with Crippen LogP contribution in [0.1, 0.15) is 36.7 Å². The standard InChI is InChI=1S/C17H17NO3/c1-11-6-8-12(9-7-11)14-10-16(21-18-14)17(20)13-4-2-3-5-15(13)19/h4,6-10,17,20H,2-3,5H2,1H3. The molecule has 1 atom stereocenters. The van der Waals surface area contributed by atoms with Crippen LogP contribution in [0.15, 0.2) is 46.5 Å². The number of aliphatic hydroxyl groups excluding tert-OH is 1. The van der Waals surface area contributed by atoms with Gasteiger partial charge in [-0.25, -0.2) is 0 Å². The summed E-state index contributed by atoms with van der Waals surface area (Å²) in [5.74, 6) is 0.300. The number of aromatic nitrogens is 1. The molecule has 0 bridgehead atoms. The first kappa shape index (κ1) is 13.8. The molecule has 2 aromatic rings. The summed E-state index contributed by atoms with van der Waals surface area (Å²) in [6.45, 7) is 2.02. The minimum atomic E-state index is -1.02. The second-order valence-corrected chi connectivity index (χ2v) is 5.36. The summed E-state index contributed by atoms with van der Waals surface area (Å²) in [4.78, 5) is 11.8. The maximum Gasteiger partial charge on any atom is 0.170 e. The highest BCUT2D eigenvalue weighted by Crippen LogP contribution is 2.30. The van der Waals surface area contributed by atoms with Gasteiger partial charge in [0.1, 0.15) is 11.8 Å². The lowest BCUT2D eigenvalue weighted by Gasteiger charge is -2.14. The molecule has 108 valence electrons. The summed E-state index contributed by atoms with van der Waals surface area (Å²) in [6.07, 6.45) is 2.92. The zero-order chi connectivity index (χ0) is 14.8. The third-order valence-corrected chi connectivity index (χ3v) is 3.73. The molecule has 0 saturated carbocycles. The molecule has 0 amide bonds. The summed E-state index contributed by atoms with van der Waals surface area (Å²) in [5, 5.41) is 14.3. The lowest BCUT2D eigenvalue weighted by atomic mass is 9.93. The molecule has 0 saturated heterocycles. The number of ketones is 1. The first-order valence-electron chi connectivity index (χ1n) is 7.10. The predicted octanol–water partition coefficient (Wildman–Crippen LogP) is 3.36. The summed E-state index contributed by atoms with van der Waals surface area (Å²) in [6, 6.07) is 9.58. The Hall–Kier alpha value is -2.20. The molecule has 21 heavy (non-hydrogen) atoms. The fourth-order valence-corrected chi connectivity index (χ4v) is 2.47. The van der Waals surface area contributed by atoms with Gasteiger partial charge < -0.3 is 9.63 Å². The van der Waals surface area contributed by atoms with Gasteiger partial charge in [-0.1, -0.05) is 41.1 Å². The number of aliphatic hydroxyl groups is 1. The zero-order valence-corrected chi connectivity index (χ0v) is 11.9. The van der Waals surface area contributed by atoms with Crippen molar-refractivity contribution in [3.63, 3.8) is 0 Å². The van der Waals surface area contributed by atoms with Gasteiger partial charge in [-0.2, -0.15) is 0 Å². The molecule has 0 fully saturated rings. The van der Waals surface area contributed by atoms with Gasteiger partial charge in [0.2, 0.25) is 0 Å². The van der Waals surface area contributed by atoms with Crippen molar-refractivity contribution >= 4 is 5.78 Å². The van der Waals surface area contributed by atoms with Crippen molar-refractivity contribution in [3.8, 4) is 11.3 Å². The van der Waals surface area contributed by atoms with Gasteiger partial charge in [0.25, 0.3) is 0 Å². The van der Waals surface area contributed by atoms with Crippen LogP contribution in [0.25, 0.3) is 11.3 Å². The maximum absolute atomic E-state index is 11.8. The van der Waals surface area contributed by atoms with E-state index in [9.17, 15) is 9.90 Å². The minimum Gasteiger partial charge on any atom is -0.380 e. The van der Waals surface area contributed by atoms with Gasteiger partial charge in [0.05, 0.1) is 0 Å². The van der Waals surface area contributed by atoms with Crippen molar-refractivity contribution in [1.29, 1.82) is 0 Å². The Kier molecular flexibility index (Phi) is 3.71. The summed E-state index contributed by atoms with van der Waals surface area (Å²) in [7, 11) is 0. The smallest absolute Gasteiger partial charge is 0.170 e. The number of Topliss-reactive ketones (excluding diaryl/α,β-unsaturated/α-hetero) is 1. The van der Waals surface area contributed by atoms with Gasteiger partial charge in [0.15, 0.2) is 11.5 Å². The third kappa shape index (κ3) is 2.81. The normalized spacial score (nSPS) is 16.7. The molecule has 0 aliphatic heterocycles. The van der Waals surface area contributed by atoms with E-state index < -0.39 is 6.10 Å². The Morgan fingerprint density at radius 2 is 2.05 bits per heavy atom. The molecule has 3 rings (SSSR count). The van der Waals surface area contributed by atoms with E-state index in [-0.39, 0.29) is 5.78 Å². The molecule has 1 aromatic carbocycles. The first-order valence-corrected chi connectivity index (χ1v) is 7.10. The van der Waals surface area contributed by atoms with Gasteiger partial charge in [-0.3, -0.25) is 4.79 Å². The number of hydrogen-bond acceptors (Lipinski definition) is 4. The van der Waals surface area contributed by atoms with E-state index in [1.807, 2.05) is 31.2 Å². The Morgan fingerprint density at radius 1 is 1.29 bits per heavy atom. The van der Waals surface area contributed by atoms with Crippen LogP contribution in [0.3, 0.4) is 0 Å². The Morgan fingerprint density at radius 3 is 2.76 bits per heavy atom. The third-order valence-electron chi connectivity index (χ3n) is 3.73. The molecule has 0 radical (unpaired) electrons. The lowest BCUT2D eigenvalue weighted by molar-refractivity contribution is -0.117. The predicted molar refractivity (Wildman–Crippen MR) is 78.6 cm³/mol. The molecule has 4 nitrogen and oxygen atoms in total. The monoisotopic (exact) mass is 283 g/mol. The van der Waals surface area contributed by atoms with Crippen molar-refractivity contribution < 1.29 is 14.4 Å². The van der Waals surface area contributed by atoms with Crippen molar-refractivity contribution in [3.05, 3.63) is 53.3 Å². The highest BCUT2D eigenvalue weighted by molar-refractivity contribution is 5.97. The molecule has 1 N–H and O–H groups in total. The van der Waals surface area contributed by atoms with E-state index >= 15 is 0 Å². The fourth-order valence-electron chi connectivity index (χ4n) is 2.47. The molecule has 0 spiro atoms. The van der Waals surface area contributed by atoms with E-state index in [1.54, 1.807) is 12.1 Å². The van der Waals surface area contributed by atoms with Crippen molar-refractivity contribution in [2.24, 2.45) is 0 Å². The van der Waals surface area contributed by atoms with Crippen LogP contribution in [-0.2, 0) is 4.79 Å². The number of carbonyl (C=O) groups is 1. The average molecular weight is 283 g/mol. The molecule has 1 heterocycles. The van der Waals surface area contributed by atoms with Crippen LogP contribution in [-0.4, -0.2) is 16.0 Å². The molecule has 1 unspecified atom stereocenters. The van der Waals surface area contributed by atoms with Crippen LogP contribution in [0, 0.1) is 6.92 Å². The number of allylic oxidation sites excluding steroid dienone is 1. The number of aryl methyl sites for hydroxylation is 1. The number of nitrogens with zero attached hydrogens (tertiary/aromatic N) is 1. The van der Waals surface area contributed by atoms with Crippen LogP contribution in [0.2, 0.25) is 0 Å². The molecule has 1 aliphatic rings. The van der Waals surface area contributed by atoms with E-state index in [4.69, 9.17) is 4.52 Å². The number of carbonyl (C=O) groups excluding carboxylic acids is 1. The van der Waals surface area contributed by atoms with Gasteiger partial charge in [0, 0.05) is 23.6 Å². The molecule has 4 heteroatoms. The summed E-state index contributed by atoms with van der Waals surface area (Å²) in [5.41, 5.74) is 3.17. The Bertz CT molecular complexity index is 682. The van der Waals surface area contributed by atoms with Crippen LogP contribution in [0.4, 0.5) is 0 Å². The lowest BCUT2D eigenvalue weighted by Crippen LogP contribution is -2.14. The highest BCUT2D eigenvalue weighted by atomic mass is 16.5. The number of hydrogen-bond donors (Lipinski definition) is 1. The summed E-state index contributed by atoms with van der Waals surface area (Å²) < 4.78 is 5.22. The van der Waals surface area contributed by atoms with E-state index in [2.05, 4.69) is 5.16 Å². The van der Waals surface area contributed by atoms with Crippen molar-refractivity contribution in [2.75, 3.05) is 0 Å². The summed E-state index contributed by atoms with van der Waals surface area (Å²) >= 11 is 0. The maximum atomic E-state index is 11.8. The first-order chi connectivity index (χ1) is 10.1. The zero-order valence-electron chi connectivity index (χ0n) is 11.9. The quantitative estimate of drug-likeness (QED) is 0.938. The number of rotatable bonds is 3. The van der Waals surface area contributed by atoms with Crippen molar-refractivity contribution in [1.82, 2.24) is 5.16 Å². The molecular formula is C17H17NO3. The van der Waals surface area contributed by atoms with Gasteiger partial charge in [-0.15, -0.1) is 0 Å². The Balaban J connectivity index is 1.86. The van der Waals surface area contributed by atoms with Crippen molar-refractivity contribution in [2.45, 2.75) is 32.3 Å². The SMILES string of the molecule is Cc1ccc(-c2cc(C(O)C3=CCCCC3=O)on2)cc1. The van der Waals surface area contributed by atoms with Gasteiger partial charge in [-0.05, 0) is 19.8 Å². The minimum absolute atomic E-state index is 0.0120. The second-order valence-electron chi connectivity index (χ2n) is 5.36. The van der Waals surface area contributed by atoms with E-state index in [0.717, 1.165) is 18.4 Å². The largest absolute Gasteiger partial charge is 0.380 e. The van der Waals surface area contributed by atoms with Crippen LogP contribution in [0.5, 0.6) is 0 Å². The Labute approximate surface area is 123 Å². The van der Waals surface area contributed by atoms with E-state index in [1.165, 1.54) is 5.56 Å². The van der Waals surface area contributed by atoms with Gasteiger partial charge >= 0.3 is 0 Å². The fraction of sp³-hybridized carbons (Fsp3) is 0.294.